The Bertz CT molecular complexity index is 916. The van der Waals surface area contributed by atoms with E-state index in [-0.39, 0.29) is 18.1 Å². The molecule has 1 aromatic carbocycles. The predicted molar refractivity (Wildman–Crippen MR) is 119 cm³/mol. The monoisotopic (exact) mass is 443 g/mol. The molecule has 1 aromatic heterocycles. The third-order valence-electron chi connectivity index (χ3n) is 5.22. The molecule has 1 aliphatic carbocycles. The van der Waals surface area contributed by atoms with Gasteiger partial charge >= 0.3 is 0 Å². The third-order valence-corrected chi connectivity index (χ3v) is 5.22. The van der Waals surface area contributed by atoms with E-state index in [0.29, 0.717) is 29.0 Å². The molecular formula is C23H29N3O6. The number of benzene rings is 1. The van der Waals surface area contributed by atoms with Crippen LogP contribution >= 0.6 is 0 Å². The fraction of sp³-hybridized carbons (Fsp3) is 0.435. The molecule has 0 spiro atoms. The Morgan fingerprint density at radius 1 is 0.938 bits per heavy atom. The molecule has 32 heavy (non-hydrogen) atoms. The lowest BCUT2D eigenvalue weighted by atomic mass is 9.93. The van der Waals surface area contributed by atoms with E-state index in [1.54, 1.807) is 45.7 Å². The summed E-state index contributed by atoms with van der Waals surface area (Å²) in [6.45, 7) is 0. The zero-order valence-electron chi connectivity index (χ0n) is 18.8. The summed E-state index contributed by atoms with van der Waals surface area (Å²) in [5.74, 6) is 2.29. The number of nitrogens with zero attached hydrogens (tertiary/aromatic N) is 2. The maximum absolute atomic E-state index is 12.4. The van der Waals surface area contributed by atoms with Crippen LogP contribution in [0.1, 0.15) is 31.2 Å². The van der Waals surface area contributed by atoms with Crippen molar-refractivity contribution in [2.75, 3.05) is 28.4 Å². The van der Waals surface area contributed by atoms with Crippen LogP contribution in [0.3, 0.4) is 0 Å². The van der Waals surface area contributed by atoms with Gasteiger partial charge in [-0.15, -0.1) is 0 Å². The van der Waals surface area contributed by atoms with E-state index in [1.165, 1.54) is 19.4 Å². The van der Waals surface area contributed by atoms with E-state index in [9.17, 15) is 4.79 Å². The molecule has 172 valence electrons. The summed E-state index contributed by atoms with van der Waals surface area (Å²) in [5.41, 5.74) is 0.770. The fourth-order valence-electron chi connectivity index (χ4n) is 3.60. The largest absolute Gasteiger partial charge is 0.493 e. The highest BCUT2D eigenvalue weighted by atomic mass is 16.5. The highest BCUT2D eigenvalue weighted by Crippen LogP contribution is 2.38. The SMILES string of the molecule is COc1cncc(OC2CCC(NC(=O)/C=C/c3cc(OC)c(OC)c(OC)c3)CC2)n1. The van der Waals surface area contributed by atoms with E-state index < -0.39 is 0 Å². The molecule has 1 heterocycles. The van der Waals surface area contributed by atoms with Gasteiger partial charge in [0.1, 0.15) is 6.10 Å². The molecule has 9 nitrogen and oxygen atoms in total. The normalized spacial score (nSPS) is 18.1. The summed E-state index contributed by atoms with van der Waals surface area (Å²) in [5, 5.41) is 3.06. The van der Waals surface area contributed by atoms with Crippen LogP contribution in [-0.4, -0.2) is 56.5 Å². The molecule has 1 saturated carbocycles. The van der Waals surface area contributed by atoms with Crippen LogP contribution in [0.5, 0.6) is 29.0 Å². The zero-order valence-corrected chi connectivity index (χ0v) is 18.8. The molecule has 0 aliphatic heterocycles. The van der Waals surface area contributed by atoms with Crippen molar-refractivity contribution in [2.24, 2.45) is 0 Å². The summed E-state index contributed by atoms with van der Waals surface area (Å²) >= 11 is 0. The zero-order chi connectivity index (χ0) is 22.9. The number of carbonyl (C=O) groups excluding carboxylic acids is 1. The van der Waals surface area contributed by atoms with Crippen LogP contribution in [-0.2, 0) is 4.79 Å². The average Bonchev–Trinajstić information content (AvgIpc) is 2.83. The van der Waals surface area contributed by atoms with Crippen LogP contribution in [0.25, 0.3) is 6.08 Å². The molecule has 0 bridgehead atoms. The van der Waals surface area contributed by atoms with Crippen molar-refractivity contribution in [1.82, 2.24) is 15.3 Å². The Balaban J connectivity index is 1.51. The van der Waals surface area contributed by atoms with Crippen molar-refractivity contribution in [3.8, 4) is 29.0 Å². The van der Waals surface area contributed by atoms with E-state index in [1.807, 2.05) is 0 Å². The summed E-state index contributed by atoms with van der Waals surface area (Å²) < 4.78 is 27.0. The lowest BCUT2D eigenvalue weighted by Crippen LogP contribution is -2.39. The van der Waals surface area contributed by atoms with Crippen molar-refractivity contribution < 1.29 is 28.5 Å². The first-order chi connectivity index (χ1) is 15.6. The topological polar surface area (TPSA) is 101 Å². The van der Waals surface area contributed by atoms with Gasteiger partial charge in [-0.2, -0.15) is 4.98 Å². The number of hydrogen-bond donors (Lipinski definition) is 1. The highest BCUT2D eigenvalue weighted by molar-refractivity contribution is 5.92. The number of nitrogens with one attached hydrogen (secondary N) is 1. The second kappa shape index (κ2) is 11.2. The van der Waals surface area contributed by atoms with Gasteiger partial charge in [0.2, 0.25) is 23.4 Å². The van der Waals surface area contributed by atoms with Crippen LogP contribution in [0, 0.1) is 0 Å². The van der Waals surface area contributed by atoms with E-state index in [0.717, 1.165) is 31.2 Å². The maximum atomic E-state index is 12.4. The number of aromatic nitrogens is 2. The number of hydrogen-bond acceptors (Lipinski definition) is 8. The van der Waals surface area contributed by atoms with Gasteiger partial charge < -0.3 is 29.0 Å². The Morgan fingerprint density at radius 2 is 1.59 bits per heavy atom. The standard InChI is InChI=1S/C23H29N3O6/c1-28-18-11-15(12-19(29-2)23(18)31-4)5-10-20(27)25-16-6-8-17(9-7-16)32-22-14-24-13-21(26-22)30-3/h5,10-14,16-17H,6-9H2,1-4H3,(H,25,27)/b10-5+. The van der Waals surface area contributed by atoms with Crippen molar-refractivity contribution >= 4 is 12.0 Å². The van der Waals surface area contributed by atoms with Crippen molar-refractivity contribution in [1.29, 1.82) is 0 Å². The second-order valence-electron chi connectivity index (χ2n) is 7.29. The number of methoxy groups -OCH3 is 4. The Labute approximate surface area is 187 Å². The molecule has 3 rings (SSSR count). The minimum Gasteiger partial charge on any atom is -0.493 e. The van der Waals surface area contributed by atoms with Crippen LogP contribution in [0.15, 0.2) is 30.6 Å². The van der Waals surface area contributed by atoms with E-state index >= 15 is 0 Å². The summed E-state index contributed by atoms with van der Waals surface area (Å²) in [6, 6.07) is 3.67. The summed E-state index contributed by atoms with van der Waals surface area (Å²) in [4.78, 5) is 20.7. The van der Waals surface area contributed by atoms with Crippen LogP contribution in [0.4, 0.5) is 0 Å². The van der Waals surface area contributed by atoms with Gasteiger partial charge in [0.25, 0.3) is 0 Å². The quantitative estimate of drug-likeness (QED) is 0.590. The molecule has 1 fully saturated rings. The van der Waals surface area contributed by atoms with Gasteiger partial charge in [-0.1, -0.05) is 0 Å². The van der Waals surface area contributed by atoms with Gasteiger partial charge in [0.15, 0.2) is 11.5 Å². The molecule has 1 N–H and O–H groups in total. The molecule has 0 unspecified atom stereocenters. The predicted octanol–water partition coefficient (Wildman–Crippen LogP) is 3.03. The third kappa shape index (κ3) is 6.03. The number of carbonyl (C=O) groups is 1. The van der Waals surface area contributed by atoms with E-state index in [2.05, 4.69) is 15.3 Å². The van der Waals surface area contributed by atoms with Crippen molar-refractivity contribution in [3.63, 3.8) is 0 Å². The van der Waals surface area contributed by atoms with E-state index in [4.69, 9.17) is 23.7 Å². The van der Waals surface area contributed by atoms with Crippen LogP contribution < -0.4 is 29.0 Å². The lowest BCUT2D eigenvalue weighted by Gasteiger charge is -2.28. The lowest BCUT2D eigenvalue weighted by molar-refractivity contribution is -0.117. The first-order valence-corrected chi connectivity index (χ1v) is 10.4. The molecule has 0 saturated heterocycles. The van der Waals surface area contributed by atoms with Gasteiger partial charge in [0.05, 0.1) is 40.8 Å². The molecule has 9 heteroatoms. The molecule has 1 aliphatic rings. The summed E-state index contributed by atoms with van der Waals surface area (Å²) in [6.07, 6.45) is 9.66. The Hall–Kier alpha value is -3.49. The Kier molecular flexibility index (Phi) is 8.13. The number of amides is 1. The fourth-order valence-corrected chi connectivity index (χ4v) is 3.60. The Morgan fingerprint density at radius 3 is 2.19 bits per heavy atom. The maximum Gasteiger partial charge on any atom is 0.244 e. The van der Waals surface area contributed by atoms with Gasteiger partial charge in [-0.05, 0) is 49.5 Å². The molecular weight excluding hydrogens is 414 g/mol. The second-order valence-corrected chi connectivity index (χ2v) is 7.29. The minimum atomic E-state index is -0.151. The minimum absolute atomic E-state index is 0.0410. The van der Waals surface area contributed by atoms with Gasteiger partial charge in [-0.25, -0.2) is 0 Å². The molecule has 1 amide bonds. The smallest absolute Gasteiger partial charge is 0.244 e. The van der Waals surface area contributed by atoms with Gasteiger partial charge in [-0.3, -0.25) is 9.78 Å². The highest BCUT2D eigenvalue weighted by Gasteiger charge is 2.23. The first kappa shape index (κ1) is 23.2. The molecule has 2 aromatic rings. The van der Waals surface area contributed by atoms with Crippen molar-refractivity contribution in [2.45, 2.75) is 37.8 Å². The average molecular weight is 444 g/mol. The molecule has 0 atom stereocenters. The number of ether oxygens (including phenoxy) is 5. The van der Waals surface area contributed by atoms with Crippen molar-refractivity contribution in [3.05, 3.63) is 36.2 Å². The first-order valence-electron chi connectivity index (χ1n) is 10.4. The number of rotatable bonds is 9. The van der Waals surface area contributed by atoms with Gasteiger partial charge in [0, 0.05) is 12.1 Å². The van der Waals surface area contributed by atoms with Crippen LogP contribution in [0.2, 0.25) is 0 Å². The molecule has 0 radical (unpaired) electrons. The summed E-state index contributed by atoms with van der Waals surface area (Å²) in [7, 11) is 6.20.